The van der Waals surface area contributed by atoms with Crippen molar-refractivity contribution in [1.82, 2.24) is 10.6 Å². The highest BCUT2D eigenvalue weighted by molar-refractivity contribution is 5.78. The van der Waals surface area contributed by atoms with Gasteiger partial charge < -0.3 is 10.6 Å². The lowest BCUT2D eigenvalue weighted by Crippen LogP contribution is -2.20. The van der Waals surface area contributed by atoms with Gasteiger partial charge >= 0.3 is 0 Å². The Bertz CT molecular complexity index is 131. The molecule has 0 aliphatic carbocycles. The van der Waals surface area contributed by atoms with Crippen LogP contribution in [0.2, 0.25) is 0 Å². The van der Waals surface area contributed by atoms with Gasteiger partial charge in [0.2, 0.25) is 11.8 Å². The van der Waals surface area contributed by atoms with Gasteiger partial charge in [0.15, 0.2) is 0 Å². The molecule has 0 saturated heterocycles. The number of hydrogen-bond donors (Lipinski definition) is 2. The molecule has 0 atom stereocenters. The zero-order valence-corrected chi connectivity index (χ0v) is 8.94. The topological polar surface area (TPSA) is 58.2 Å². The van der Waals surface area contributed by atoms with E-state index in [1.54, 1.807) is 14.1 Å². The van der Waals surface area contributed by atoms with Gasteiger partial charge in [0.05, 0.1) is 0 Å². The predicted molar refractivity (Wildman–Crippen MR) is 53.3 cm³/mol. The van der Waals surface area contributed by atoms with Crippen LogP contribution in [0.25, 0.3) is 0 Å². The minimum absolute atomic E-state index is 0.0195. The molecule has 0 aliphatic rings. The molecule has 0 heterocycles. The maximum absolute atomic E-state index is 10.6. The molecule has 0 aromatic rings. The fourth-order valence-electron chi connectivity index (χ4n) is 0.660. The van der Waals surface area contributed by atoms with Crippen LogP contribution in [0.4, 0.5) is 0 Å². The Balaban J connectivity index is 0. The normalized spacial score (nSPS) is 8.00. The number of amides is 2. The summed E-state index contributed by atoms with van der Waals surface area (Å²) in [5, 5.41) is 4.97. The van der Waals surface area contributed by atoms with E-state index in [0.29, 0.717) is 19.3 Å². The molecule has 13 heavy (non-hydrogen) atoms. The third-order valence-corrected chi connectivity index (χ3v) is 1.37. The summed E-state index contributed by atoms with van der Waals surface area (Å²) in [5.74, 6) is -0.0391. The second kappa shape index (κ2) is 10.9. The maximum atomic E-state index is 10.6. The van der Waals surface area contributed by atoms with E-state index < -0.39 is 0 Å². The van der Waals surface area contributed by atoms with E-state index in [1.165, 1.54) is 0 Å². The van der Waals surface area contributed by atoms with Crippen LogP contribution < -0.4 is 10.6 Å². The standard InChI is InChI=1S/C7H14N2O2.C2H6/c1-8-6(10)4-3-5-7(11)9-2;1-2/h3-5H2,1-2H3,(H,8,10)(H,9,11);1-2H3. The SMILES string of the molecule is CC.CNC(=O)CCCC(=O)NC. The van der Waals surface area contributed by atoms with Crippen LogP contribution in [0, 0.1) is 0 Å². The molecule has 0 spiro atoms. The Hall–Kier alpha value is -1.06. The monoisotopic (exact) mass is 188 g/mol. The molecule has 4 nitrogen and oxygen atoms in total. The van der Waals surface area contributed by atoms with Crippen molar-refractivity contribution in [3.05, 3.63) is 0 Å². The first-order chi connectivity index (χ1) is 6.20. The van der Waals surface area contributed by atoms with Crippen molar-refractivity contribution < 1.29 is 9.59 Å². The van der Waals surface area contributed by atoms with E-state index in [4.69, 9.17) is 0 Å². The van der Waals surface area contributed by atoms with Crippen molar-refractivity contribution in [1.29, 1.82) is 0 Å². The highest BCUT2D eigenvalue weighted by Gasteiger charge is 2.00. The summed E-state index contributed by atoms with van der Waals surface area (Å²) in [7, 11) is 3.17. The van der Waals surface area contributed by atoms with Gasteiger partial charge in [-0.3, -0.25) is 9.59 Å². The number of hydrogen-bond acceptors (Lipinski definition) is 2. The molecule has 0 aliphatic heterocycles. The molecule has 2 N–H and O–H groups in total. The van der Waals surface area contributed by atoms with E-state index in [0.717, 1.165) is 0 Å². The van der Waals surface area contributed by atoms with Crippen LogP contribution in [-0.4, -0.2) is 25.9 Å². The molecule has 0 fully saturated rings. The molecule has 0 aromatic carbocycles. The van der Waals surface area contributed by atoms with Gasteiger partial charge in [-0.1, -0.05) is 13.8 Å². The van der Waals surface area contributed by atoms with Crippen molar-refractivity contribution in [3.8, 4) is 0 Å². The van der Waals surface area contributed by atoms with E-state index in [-0.39, 0.29) is 11.8 Å². The van der Waals surface area contributed by atoms with E-state index in [9.17, 15) is 9.59 Å². The van der Waals surface area contributed by atoms with Crippen molar-refractivity contribution >= 4 is 11.8 Å². The van der Waals surface area contributed by atoms with Crippen LogP contribution in [0.1, 0.15) is 33.1 Å². The average Bonchev–Trinajstić information content (AvgIpc) is 2.20. The molecular formula is C9H20N2O2. The summed E-state index contributed by atoms with van der Waals surface area (Å²) in [6, 6.07) is 0. The smallest absolute Gasteiger partial charge is 0.219 e. The Morgan fingerprint density at radius 2 is 1.23 bits per heavy atom. The lowest BCUT2D eigenvalue weighted by Gasteiger charge is -1.98. The molecule has 78 valence electrons. The third-order valence-electron chi connectivity index (χ3n) is 1.37. The summed E-state index contributed by atoms with van der Waals surface area (Å²) in [6.45, 7) is 4.00. The number of rotatable bonds is 4. The second-order valence-electron chi connectivity index (χ2n) is 2.20. The number of carbonyl (C=O) groups excluding carboxylic acids is 2. The molecule has 0 radical (unpaired) electrons. The fourth-order valence-corrected chi connectivity index (χ4v) is 0.660. The van der Waals surface area contributed by atoms with Crippen LogP contribution >= 0.6 is 0 Å². The summed E-state index contributed by atoms with van der Waals surface area (Å²) in [6.07, 6.45) is 1.45. The van der Waals surface area contributed by atoms with E-state index >= 15 is 0 Å². The summed E-state index contributed by atoms with van der Waals surface area (Å²) >= 11 is 0. The quantitative estimate of drug-likeness (QED) is 0.681. The lowest BCUT2D eigenvalue weighted by molar-refractivity contribution is -0.121. The van der Waals surface area contributed by atoms with Gasteiger partial charge in [0.25, 0.3) is 0 Å². The lowest BCUT2D eigenvalue weighted by atomic mass is 10.2. The van der Waals surface area contributed by atoms with Crippen LogP contribution in [-0.2, 0) is 9.59 Å². The zero-order chi connectivity index (χ0) is 10.7. The summed E-state index contributed by atoms with van der Waals surface area (Å²) in [5.41, 5.74) is 0. The highest BCUT2D eigenvalue weighted by Crippen LogP contribution is 1.93. The minimum atomic E-state index is -0.0195. The van der Waals surface area contributed by atoms with Gasteiger partial charge in [0.1, 0.15) is 0 Å². The Kier molecular flexibility index (Phi) is 12.2. The van der Waals surface area contributed by atoms with E-state index in [1.807, 2.05) is 13.8 Å². The average molecular weight is 188 g/mol. The largest absolute Gasteiger partial charge is 0.359 e. The minimum Gasteiger partial charge on any atom is -0.359 e. The molecule has 2 amide bonds. The Morgan fingerprint density at radius 1 is 0.923 bits per heavy atom. The molecular weight excluding hydrogens is 168 g/mol. The zero-order valence-electron chi connectivity index (χ0n) is 8.94. The number of nitrogens with one attached hydrogen (secondary N) is 2. The van der Waals surface area contributed by atoms with Crippen LogP contribution in [0.15, 0.2) is 0 Å². The molecule has 0 bridgehead atoms. The van der Waals surface area contributed by atoms with Gasteiger partial charge in [-0.25, -0.2) is 0 Å². The Morgan fingerprint density at radius 3 is 1.46 bits per heavy atom. The molecule has 0 unspecified atom stereocenters. The molecule has 4 heteroatoms. The van der Waals surface area contributed by atoms with Crippen LogP contribution in [0.5, 0.6) is 0 Å². The fraction of sp³-hybridized carbons (Fsp3) is 0.778. The molecule has 0 aromatic heterocycles. The highest BCUT2D eigenvalue weighted by atomic mass is 16.2. The summed E-state index contributed by atoms with van der Waals surface area (Å²) in [4.78, 5) is 21.3. The van der Waals surface area contributed by atoms with Crippen molar-refractivity contribution in [3.63, 3.8) is 0 Å². The van der Waals surface area contributed by atoms with Crippen molar-refractivity contribution in [2.24, 2.45) is 0 Å². The molecule has 0 saturated carbocycles. The van der Waals surface area contributed by atoms with E-state index in [2.05, 4.69) is 10.6 Å². The van der Waals surface area contributed by atoms with Gasteiger partial charge in [-0.15, -0.1) is 0 Å². The molecule has 0 rings (SSSR count). The Labute approximate surface area is 80.1 Å². The van der Waals surface area contributed by atoms with Gasteiger partial charge in [-0.05, 0) is 6.42 Å². The first kappa shape index (κ1) is 14.5. The second-order valence-corrected chi connectivity index (χ2v) is 2.20. The van der Waals surface area contributed by atoms with Crippen molar-refractivity contribution in [2.45, 2.75) is 33.1 Å². The number of carbonyl (C=O) groups is 2. The van der Waals surface area contributed by atoms with Crippen molar-refractivity contribution in [2.75, 3.05) is 14.1 Å². The first-order valence-corrected chi connectivity index (χ1v) is 4.62. The van der Waals surface area contributed by atoms with Crippen LogP contribution in [0.3, 0.4) is 0 Å². The van der Waals surface area contributed by atoms with Gasteiger partial charge in [0, 0.05) is 26.9 Å². The van der Waals surface area contributed by atoms with Gasteiger partial charge in [-0.2, -0.15) is 0 Å². The third kappa shape index (κ3) is 10.9. The maximum Gasteiger partial charge on any atom is 0.219 e. The predicted octanol–water partition coefficient (Wildman–Crippen LogP) is 0.675. The summed E-state index contributed by atoms with van der Waals surface area (Å²) < 4.78 is 0. The first-order valence-electron chi connectivity index (χ1n) is 4.62.